The Kier molecular flexibility index (Phi) is 3.16. The van der Waals surface area contributed by atoms with Crippen LogP contribution >= 0.6 is 15.9 Å². The van der Waals surface area contributed by atoms with E-state index in [0.29, 0.717) is 18.7 Å². The van der Waals surface area contributed by atoms with Crippen LogP contribution in [0.1, 0.15) is 16.8 Å². The summed E-state index contributed by atoms with van der Waals surface area (Å²) < 4.78 is 0.775. The molecule has 0 radical (unpaired) electrons. The molecule has 0 spiro atoms. The van der Waals surface area contributed by atoms with Crippen LogP contribution in [-0.2, 0) is 0 Å². The predicted molar refractivity (Wildman–Crippen MR) is 64.3 cm³/mol. The summed E-state index contributed by atoms with van der Waals surface area (Å²) in [6, 6.07) is 4.88. The topological polar surface area (TPSA) is 66.6 Å². The number of hydrogen-bond acceptors (Lipinski definition) is 3. The van der Waals surface area contributed by atoms with Crippen molar-refractivity contribution in [2.24, 2.45) is 5.73 Å². The number of nitrogens with zero attached hydrogens (tertiary/aromatic N) is 1. The number of carbonyl (C=O) groups excluding carboxylic acids is 1. The highest BCUT2D eigenvalue weighted by molar-refractivity contribution is 9.10. The van der Waals surface area contributed by atoms with Crippen molar-refractivity contribution >= 4 is 21.8 Å². The van der Waals surface area contributed by atoms with E-state index in [2.05, 4.69) is 15.9 Å². The molecule has 1 aliphatic rings. The van der Waals surface area contributed by atoms with Gasteiger partial charge < -0.3 is 15.7 Å². The van der Waals surface area contributed by atoms with Crippen molar-refractivity contribution in [2.45, 2.75) is 12.5 Å². The molecule has 1 aromatic carbocycles. The molecule has 0 aliphatic carbocycles. The molecule has 4 nitrogen and oxygen atoms in total. The quantitative estimate of drug-likeness (QED) is 0.818. The second kappa shape index (κ2) is 4.43. The van der Waals surface area contributed by atoms with Gasteiger partial charge in [0.25, 0.3) is 5.91 Å². The van der Waals surface area contributed by atoms with Crippen LogP contribution in [0.5, 0.6) is 5.75 Å². The van der Waals surface area contributed by atoms with Gasteiger partial charge >= 0.3 is 0 Å². The molecule has 5 heteroatoms. The number of phenols is 1. The Morgan fingerprint density at radius 3 is 2.94 bits per heavy atom. The summed E-state index contributed by atoms with van der Waals surface area (Å²) in [5.41, 5.74) is 6.07. The highest BCUT2D eigenvalue weighted by Crippen LogP contribution is 2.24. The number of aromatic hydroxyl groups is 1. The van der Waals surface area contributed by atoms with Gasteiger partial charge in [-0.1, -0.05) is 15.9 Å². The zero-order valence-corrected chi connectivity index (χ0v) is 10.3. The third-order valence-corrected chi connectivity index (χ3v) is 3.19. The van der Waals surface area contributed by atoms with Gasteiger partial charge in [-0.25, -0.2) is 0 Å². The standard InChI is InChI=1S/C11H13BrN2O2/c12-7-1-2-10(15)9(5-7)11(16)14-4-3-8(13)6-14/h1-2,5,8,15H,3-4,6,13H2/t8-/m1/s1. The molecule has 2 rings (SSSR count). The van der Waals surface area contributed by atoms with Gasteiger partial charge in [0, 0.05) is 23.6 Å². The van der Waals surface area contributed by atoms with E-state index in [1.807, 2.05) is 0 Å². The van der Waals surface area contributed by atoms with E-state index in [0.717, 1.165) is 10.9 Å². The van der Waals surface area contributed by atoms with Crippen LogP contribution in [0.15, 0.2) is 22.7 Å². The number of nitrogens with two attached hydrogens (primary N) is 1. The summed E-state index contributed by atoms with van der Waals surface area (Å²) >= 11 is 3.28. The minimum Gasteiger partial charge on any atom is -0.507 e. The van der Waals surface area contributed by atoms with Crippen LogP contribution in [-0.4, -0.2) is 35.0 Å². The minimum atomic E-state index is -0.160. The maximum absolute atomic E-state index is 12.1. The summed E-state index contributed by atoms with van der Waals surface area (Å²) in [5, 5.41) is 9.63. The van der Waals surface area contributed by atoms with Gasteiger partial charge in [-0.15, -0.1) is 0 Å². The number of benzene rings is 1. The second-order valence-corrected chi connectivity index (χ2v) is 4.88. The number of carbonyl (C=O) groups is 1. The lowest BCUT2D eigenvalue weighted by Gasteiger charge is -2.16. The van der Waals surface area contributed by atoms with E-state index in [-0.39, 0.29) is 17.7 Å². The molecule has 1 atom stereocenters. The van der Waals surface area contributed by atoms with Crippen molar-refractivity contribution in [3.05, 3.63) is 28.2 Å². The maximum Gasteiger partial charge on any atom is 0.257 e. The minimum absolute atomic E-state index is 0.00803. The highest BCUT2D eigenvalue weighted by Gasteiger charge is 2.26. The van der Waals surface area contributed by atoms with E-state index in [1.54, 1.807) is 17.0 Å². The van der Waals surface area contributed by atoms with Crippen LogP contribution in [0.2, 0.25) is 0 Å². The molecule has 0 saturated carbocycles. The third-order valence-electron chi connectivity index (χ3n) is 2.70. The van der Waals surface area contributed by atoms with Crippen molar-refractivity contribution in [3.63, 3.8) is 0 Å². The summed E-state index contributed by atoms with van der Waals surface area (Å²) in [6.45, 7) is 1.22. The van der Waals surface area contributed by atoms with E-state index in [1.165, 1.54) is 6.07 Å². The first-order chi connectivity index (χ1) is 7.58. The molecule has 1 aliphatic heterocycles. The SMILES string of the molecule is N[C@@H]1CCN(C(=O)c2cc(Br)ccc2O)C1. The van der Waals surface area contributed by atoms with Crippen LogP contribution in [0, 0.1) is 0 Å². The fourth-order valence-electron chi connectivity index (χ4n) is 1.82. The van der Waals surface area contributed by atoms with Crippen molar-refractivity contribution in [3.8, 4) is 5.75 Å². The van der Waals surface area contributed by atoms with Crippen molar-refractivity contribution in [1.82, 2.24) is 4.90 Å². The fourth-order valence-corrected chi connectivity index (χ4v) is 2.18. The number of phenolic OH excluding ortho intramolecular Hbond substituents is 1. The average molecular weight is 285 g/mol. The smallest absolute Gasteiger partial charge is 0.257 e. The van der Waals surface area contributed by atoms with Crippen molar-refractivity contribution in [2.75, 3.05) is 13.1 Å². The number of amides is 1. The van der Waals surface area contributed by atoms with Gasteiger partial charge in [0.05, 0.1) is 5.56 Å². The molecule has 0 bridgehead atoms. The van der Waals surface area contributed by atoms with Gasteiger partial charge in [-0.3, -0.25) is 4.79 Å². The van der Waals surface area contributed by atoms with Crippen LogP contribution in [0.4, 0.5) is 0 Å². The fraction of sp³-hybridized carbons (Fsp3) is 0.364. The maximum atomic E-state index is 12.1. The summed E-state index contributed by atoms with van der Waals surface area (Å²) in [6.07, 6.45) is 0.820. The zero-order valence-electron chi connectivity index (χ0n) is 8.69. The first kappa shape index (κ1) is 11.4. The first-order valence-corrected chi connectivity index (χ1v) is 5.90. The van der Waals surface area contributed by atoms with Gasteiger partial charge in [0.2, 0.25) is 0 Å². The molecule has 1 fully saturated rings. The molecule has 3 N–H and O–H groups in total. The van der Waals surface area contributed by atoms with E-state index < -0.39 is 0 Å². The Bertz CT molecular complexity index is 422. The Hall–Kier alpha value is -1.07. The Morgan fingerprint density at radius 2 is 2.31 bits per heavy atom. The number of rotatable bonds is 1. The second-order valence-electron chi connectivity index (χ2n) is 3.96. The zero-order chi connectivity index (χ0) is 11.7. The third kappa shape index (κ3) is 2.20. The van der Waals surface area contributed by atoms with Crippen LogP contribution in [0.3, 0.4) is 0 Å². The molecular formula is C11H13BrN2O2. The Balaban J connectivity index is 2.23. The van der Waals surface area contributed by atoms with Gasteiger partial charge in [-0.2, -0.15) is 0 Å². The van der Waals surface area contributed by atoms with E-state index in [4.69, 9.17) is 5.73 Å². The van der Waals surface area contributed by atoms with Crippen molar-refractivity contribution in [1.29, 1.82) is 0 Å². The average Bonchev–Trinajstić information content (AvgIpc) is 2.67. The lowest BCUT2D eigenvalue weighted by Crippen LogP contribution is -2.31. The van der Waals surface area contributed by atoms with Crippen molar-refractivity contribution < 1.29 is 9.90 Å². The lowest BCUT2D eigenvalue weighted by atomic mass is 10.2. The molecule has 1 heterocycles. The number of halogens is 1. The molecule has 16 heavy (non-hydrogen) atoms. The van der Waals surface area contributed by atoms with Gasteiger partial charge in [0.1, 0.15) is 5.75 Å². The molecule has 1 amide bonds. The van der Waals surface area contributed by atoms with Crippen LogP contribution < -0.4 is 5.73 Å². The Labute approximate surface area is 102 Å². The van der Waals surface area contributed by atoms with E-state index >= 15 is 0 Å². The summed E-state index contributed by atoms with van der Waals surface area (Å²) in [4.78, 5) is 13.7. The summed E-state index contributed by atoms with van der Waals surface area (Å²) in [5.74, 6) is -0.152. The van der Waals surface area contributed by atoms with E-state index in [9.17, 15) is 9.90 Å². The molecule has 0 unspecified atom stereocenters. The highest BCUT2D eigenvalue weighted by atomic mass is 79.9. The Morgan fingerprint density at radius 1 is 1.56 bits per heavy atom. The molecule has 1 aromatic rings. The molecule has 86 valence electrons. The molecule has 0 aromatic heterocycles. The largest absolute Gasteiger partial charge is 0.507 e. The first-order valence-electron chi connectivity index (χ1n) is 5.11. The monoisotopic (exact) mass is 284 g/mol. The molecule has 1 saturated heterocycles. The van der Waals surface area contributed by atoms with Gasteiger partial charge in [-0.05, 0) is 24.6 Å². The number of hydrogen-bond donors (Lipinski definition) is 2. The normalized spacial score (nSPS) is 20.1. The predicted octanol–water partition coefficient (Wildman–Crippen LogP) is 1.33. The number of likely N-dealkylation sites (tertiary alicyclic amines) is 1. The summed E-state index contributed by atoms with van der Waals surface area (Å²) in [7, 11) is 0. The molecular weight excluding hydrogens is 272 g/mol. The van der Waals surface area contributed by atoms with Gasteiger partial charge in [0.15, 0.2) is 0 Å². The lowest BCUT2D eigenvalue weighted by molar-refractivity contribution is 0.0788. The van der Waals surface area contributed by atoms with Crippen LogP contribution in [0.25, 0.3) is 0 Å².